The molecule has 6 heteroatoms. The number of pyridine rings is 1. The van der Waals surface area contributed by atoms with Crippen molar-refractivity contribution >= 4 is 15.7 Å². The molecule has 0 spiro atoms. The van der Waals surface area contributed by atoms with Crippen LogP contribution in [0.2, 0.25) is 0 Å². The highest BCUT2D eigenvalue weighted by molar-refractivity contribution is 7.90. The molecule has 1 aromatic rings. The van der Waals surface area contributed by atoms with Crippen molar-refractivity contribution in [1.82, 2.24) is 4.98 Å². The number of nitrogens with zero attached hydrogens (tertiary/aromatic N) is 2. The van der Waals surface area contributed by atoms with Gasteiger partial charge in [0, 0.05) is 25.0 Å². The van der Waals surface area contributed by atoms with E-state index in [0.717, 1.165) is 25.8 Å². The Balaban J connectivity index is 2.37. The van der Waals surface area contributed by atoms with E-state index in [2.05, 4.69) is 9.88 Å². The van der Waals surface area contributed by atoms with Crippen molar-refractivity contribution in [3.05, 3.63) is 18.3 Å². The van der Waals surface area contributed by atoms with Crippen LogP contribution in [0.25, 0.3) is 0 Å². The second-order valence-electron chi connectivity index (χ2n) is 5.37. The smallest absolute Gasteiger partial charge is 0.179 e. The summed E-state index contributed by atoms with van der Waals surface area (Å²) in [6, 6.07) is 3.70. The van der Waals surface area contributed by atoms with Crippen molar-refractivity contribution in [3.8, 4) is 0 Å². The summed E-state index contributed by atoms with van der Waals surface area (Å²) >= 11 is 0. The van der Waals surface area contributed by atoms with Gasteiger partial charge in [0.05, 0.1) is 0 Å². The van der Waals surface area contributed by atoms with Crippen molar-refractivity contribution in [2.24, 2.45) is 5.73 Å². The molecule has 0 atom stereocenters. The first-order valence-corrected chi connectivity index (χ1v) is 9.05. The Kier molecular flexibility index (Phi) is 4.99. The fraction of sp³-hybridized carbons (Fsp3) is 0.643. The van der Waals surface area contributed by atoms with E-state index in [1.807, 2.05) is 0 Å². The fourth-order valence-corrected chi connectivity index (χ4v) is 3.65. The maximum Gasteiger partial charge on any atom is 0.179 e. The lowest BCUT2D eigenvalue weighted by Crippen LogP contribution is -2.36. The number of hydrogen-bond acceptors (Lipinski definition) is 5. The number of aromatic nitrogens is 1. The van der Waals surface area contributed by atoms with Gasteiger partial charge in [0.2, 0.25) is 0 Å². The Morgan fingerprint density at radius 3 is 2.70 bits per heavy atom. The maximum atomic E-state index is 12.0. The fourth-order valence-electron chi connectivity index (χ4n) is 2.83. The van der Waals surface area contributed by atoms with Crippen molar-refractivity contribution < 1.29 is 8.42 Å². The SMILES string of the molecule is CS(=O)(=O)c1cccnc1N(CCCN)C1CCCC1. The van der Waals surface area contributed by atoms with E-state index >= 15 is 0 Å². The molecule has 1 saturated carbocycles. The van der Waals surface area contributed by atoms with E-state index in [4.69, 9.17) is 5.73 Å². The van der Waals surface area contributed by atoms with E-state index in [-0.39, 0.29) is 0 Å². The molecule has 1 aliphatic carbocycles. The molecular formula is C14H23N3O2S. The molecule has 0 aliphatic heterocycles. The standard InChI is InChI=1S/C14H23N3O2S/c1-20(18,19)13-8-4-10-16-14(13)17(11-5-9-15)12-6-2-3-7-12/h4,8,10,12H,2-3,5-7,9,11,15H2,1H3. The lowest BCUT2D eigenvalue weighted by Gasteiger charge is -2.31. The molecule has 0 amide bonds. The summed E-state index contributed by atoms with van der Waals surface area (Å²) in [7, 11) is -3.27. The Morgan fingerprint density at radius 1 is 1.40 bits per heavy atom. The topological polar surface area (TPSA) is 76.3 Å². The van der Waals surface area contributed by atoms with Crippen molar-refractivity contribution in [2.45, 2.75) is 43.0 Å². The van der Waals surface area contributed by atoms with Crippen molar-refractivity contribution in [1.29, 1.82) is 0 Å². The lowest BCUT2D eigenvalue weighted by atomic mass is 10.2. The minimum absolute atomic E-state index is 0.323. The van der Waals surface area contributed by atoms with Crippen LogP contribution in [0.1, 0.15) is 32.1 Å². The molecule has 1 aromatic heterocycles. The van der Waals surface area contributed by atoms with Crippen LogP contribution in [-0.2, 0) is 9.84 Å². The van der Waals surface area contributed by atoms with E-state index < -0.39 is 9.84 Å². The van der Waals surface area contributed by atoms with Gasteiger partial charge in [-0.1, -0.05) is 12.8 Å². The Hall–Kier alpha value is -1.14. The molecule has 1 heterocycles. The monoisotopic (exact) mass is 297 g/mol. The van der Waals surface area contributed by atoms with Crippen LogP contribution < -0.4 is 10.6 Å². The normalized spacial score (nSPS) is 16.5. The van der Waals surface area contributed by atoms with Gasteiger partial charge in [-0.2, -0.15) is 0 Å². The van der Waals surface area contributed by atoms with Gasteiger partial charge in [0.15, 0.2) is 9.84 Å². The zero-order chi connectivity index (χ0) is 14.6. The van der Waals surface area contributed by atoms with Crippen LogP contribution >= 0.6 is 0 Å². The number of sulfone groups is 1. The minimum Gasteiger partial charge on any atom is -0.353 e. The first-order chi connectivity index (χ1) is 9.54. The first-order valence-electron chi connectivity index (χ1n) is 7.16. The molecule has 112 valence electrons. The van der Waals surface area contributed by atoms with E-state index in [1.54, 1.807) is 18.3 Å². The third-order valence-electron chi connectivity index (χ3n) is 3.79. The highest BCUT2D eigenvalue weighted by Crippen LogP contribution is 2.30. The van der Waals surface area contributed by atoms with Gasteiger partial charge >= 0.3 is 0 Å². The lowest BCUT2D eigenvalue weighted by molar-refractivity contribution is 0.576. The predicted molar refractivity (Wildman–Crippen MR) is 80.6 cm³/mol. The van der Waals surface area contributed by atoms with Crippen LogP contribution in [0, 0.1) is 0 Å². The predicted octanol–water partition coefficient (Wildman–Crippen LogP) is 1.58. The summed E-state index contributed by atoms with van der Waals surface area (Å²) in [6.45, 7) is 1.37. The summed E-state index contributed by atoms with van der Waals surface area (Å²) in [5.41, 5.74) is 5.61. The maximum absolute atomic E-state index is 12.0. The zero-order valence-corrected chi connectivity index (χ0v) is 12.8. The zero-order valence-electron chi connectivity index (χ0n) is 12.0. The van der Waals surface area contributed by atoms with Crippen LogP contribution in [0.5, 0.6) is 0 Å². The molecule has 0 saturated heterocycles. The summed E-state index contributed by atoms with van der Waals surface area (Å²) in [5.74, 6) is 0.593. The molecule has 2 rings (SSSR count). The average Bonchev–Trinajstić information content (AvgIpc) is 2.92. The molecule has 2 N–H and O–H groups in total. The van der Waals surface area contributed by atoms with E-state index in [1.165, 1.54) is 19.1 Å². The van der Waals surface area contributed by atoms with Crippen molar-refractivity contribution in [3.63, 3.8) is 0 Å². The molecule has 0 aromatic carbocycles. The average molecular weight is 297 g/mol. The van der Waals surface area contributed by atoms with Gasteiger partial charge in [-0.25, -0.2) is 13.4 Å². The largest absolute Gasteiger partial charge is 0.353 e. The highest BCUT2D eigenvalue weighted by atomic mass is 32.2. The van der Waals surface area contributed by atoms with Crippen LogP contribution in [0.15, 0.2) is 23.2 Å². The third-order valence-corrected chi connectivity index (χ3v) is 4.91. The van der Waals surface area contributed by atoms with Gasteiger partial charge in [0.25, 0.3) is 0 Å². The first kappa shape index (κ1) is 15.3. The molecule has 0 unspecified atom stereocenters. The summed E-state index contributed by atoms with van der Waals surface area (Å²) in [4.78, 5) is 6.82. The Bertz CT molecular complexity index is 539. The van der Waals surface area contributed by atoms with Crippen LogP contribution in [0.4, 0.5) is 5.82 Å². The second kappa shape index (κ2) is 6.54. The molecule has 0 bridgehead atoms. The van der Waals surface area contributed by atoms with Gasteiger partial charge in [-0.3, -0.25) is 0 Å². The molecule has 1 aliphatic rings. The molecular weight excluding hydrogens is 274 g/mol. The van der Waals surface area contributed by atoms with Gasteiger partial charge < -0.3 is 10.6 Å². The Morgan fingerprint density at radius 2 is 2.10 bits per heavy atom. The summed E-state index contributed by atoms with van der Waals surface area (Å²) < 4.78 is 23.9. The van der Waals surface area contributed by atoms with Gasteiger partial charge in [-0.15, -0.1) is 0 Å². The van der Waals surface area contributed by atoms with Crippen molar-refractivity contribution in [2.75, 3.05) is 24.2 Å². The Labute approximate surface area is 121 Å². The number of hydrogen-bond donors (Lipinski definition) is 1. The molecule has 5 nitrogen and oxygen atoms in total. The highest BCUT2D eigenvalue weighted by Gasteiger charge is 2.27. The van der Waals surface area contributed by atoms with E-state index in [0.29, 0.717) is 23.3 Å². The molecule has 1 fully saturated rings. The molecule has 0 radical (unpaired) electrons. The minimum atomic E-state index is -3.27. The number of nitrogens with two attached hydrogens (primary N) is 1. The number of anilines is 1. The second-order valence-corrected chi connectivity index (χ2v) is 7.36. The summed E-state index contributed by atoms with van der Waals surface area (Å²) in [5, 5.41) is 0. The molecule has 20 heavy (non-hydrogen) atoms. The summed E-state index contributed by atoms with van der Waals surface area (Å²) in [6.07, 6.45) is 8.35. The van der Waals surface area contributed by atoms with Crippen LogP contribution in [-0.4, -0.2) is 38.8 Å². The third kappa shape index (κ3) is 3.49. The quantitative estimate of drug-likeness (QED) is 0.862. The van der Waals surface area contributed by atoms with Crippen LogP contribution in [0.3, 0.4) is 0 Å². The van der Waals surface area contributed by atoms with E-state index in [9.17, 15) is 8.42 Å². The number of rotatable bonds is 6. The van der Waals surface area contributed by atoms with Gasteiger partial charge in [0.1, 0.15) is 10.7 Å². The van der Waals surface area contributed by atoms with Gasteiger partial charge in [-0.05, 0) is 37.9 Å².